The first kappa shape index (κ1) is 15.6. The number of phenolic OH excluding ortho intramolecular Hbond substituents is 1. The summed E-state index contributed by atoms with van der Waals surface area (Å²) in [5.74, 6) is 0.498. The third-order valence-electron chi connectivity index (χ3n) is 3.52. The summed E-state index contributed by atoms with van der Waals surface area (Å²) in [6, 6.07) is 13.6. The van der Waals surface area contributed by atoms with Crippen molar-refractivity contribution in [3.8, 4) is 22.8 Å². The quantitative estimate of drug-likeness (QED) is 0.766. The number of carbonyl (C=O) groups is 1. The highest BCUT2D eigenvalue weighted by atomic mass is 16.5. The highest BCUT2D eigenvalue weighted by molar-refractivity contribution is 6.04. The molecule has 6 heteroatoms. The molecule has 24 heavy (non-hydrogen) atoms. The zero-order valence-electron chi connectivity index (χ0n) is 13.2. The Kier molecular flexibility index (Phi) is 4.20. The SMILES string of the molecule is COc1ccc(C)cc1NC(=O)c1cc(-c2ccccc2O)on1. The fourth-order valence-corrected chi connectivity index (χ4v) is 2.30. The van der Waals surface area contributed by atoms with Crippen LogP contribution in [0.1, 0.15) is 16.1 Å². The monoisotopic (exact) mass is 324 g/mol. The van der Waals surface area contributed by atoms with Crippen LogP contribution in [0.5, 0.6) is 11.5 Å². The van der Waals surface area contributed by atoms with E-state index < -0.39 is 5.91 Å². The van der Waals surface area contributed by atoms with Gasteiger partial charge in [0.05, 0.1) is 18.4 Å². The van der Waals surface area contributed by atoms with E-state index in [1.807, 2.05) is 13.0 Å². The van der Waals surface area contributed by atoms with Gasteiger partial charge in [0.25, 0.3) is 5.91 Å². The third kappa shape index (κ3) is 3.08. The van der Waals surface area contributed by atoms with E-state index in [9.17, 15) is 9.90 Å². The fourth-order valence-electron chi connectivity index (χ4n) is 2.30. The van der Waals surface area contributed by atoms with E-state index >= 15 is 0 Å². The van der Waals surface area contributed by atoms with Gasteiger partial charge in [0.2, 0.25) is 0 Å². The molecule has 2 aromatic carbocycles. The second kappa shape index (κ2) is 6.45. The highest BCUT2D eigenvalue weighted by Crippen LogP contribution is 2.30. The van der Waals surface area contributed by atoms with E-state index in [1.165, 1.54) is 19.2 Å². The molecule has 3 aromatic rings. The summed E-state index contributed by atoms with van der Waals surface area (Å²) in [6.07, 6.45) is 0. The minimum atomic E-state index is -0.427. The molecule has 0 saturated heterocycles. The molecule has 3 rings (SSSR count). The standard InChI is InChI=1S/C18H16N2O4/c1-11-7-8-16(23-2)13(9-11)19-18(22)14-10-17(24-20-14)12-5-3-4-6-15(12)21/h3-10,21H,1-2H3,(H,19,22). The number of nitrogens with one attached hydrogen (secondary N) is 1. The number of benzene rings is 2. The number of anilines is 1. The van der Waals surface area contributed by atoms with Crippen LogP contribution < -0.4 is 10.1 Å². The first-order chi connectivity index (χ1) is 11.6. The molecule has 2 N–H and O–H groups in total. The molecule has 0 bridgehead atoms. The van der Waals surface area contributed by atoms with Crippen molar-refractivity contribution in [1.82, 2.24) is 5.16 Å². The van der Waals surface area contributed by atoms with Crippen LogP contribution in [-0.2, 0) is 0 Å². The van der Waals surface area contributed by atoms with Crippen molar-refractivity contribution in [2.75, 3.05) is 12.4 Å². The van der Waals surface area contributed by atoms with Crippen LogP contribution in [0.25, 0.3) is 11.3 Å². The van der Waals surface area contributed by atoms with Crippen molar-refractivity contribution in [3.63, 3.8) is 0 Å². The second-order valence-electron chi connectivity index (χ2n) is 5.25. The van der Waals surface area contributed by atoms with Crippen LogP contribution >= 0.6 is 0 Å². The molecule has 1 amide bonds. The molecule has 0 saturated carbocycles. The number of aromatic nitrogens is 1. The number of phenols is 1. The van der Waals surface area contributed by atoms with Crippen LogP contribution in [-0.4, -0.2) is 23.3 Å². The van der Waals surface area contributed by atoms with E-state index in [1.54, 1.807) is 30.3 Å². The van der Waals surface area contributed by atoms with E-state index in [-0.39, 0.29) is 11.4 Å². The summed E-state index contributed by atoms with van der Waals surface area (Å²) in [6.45, 7) is 1.92. The van der Waals surface area contributed by atoms with Crippen molar-refractivity contribution in [3.05, 3.63) is 59.8 Å². The number of para-hydroxylation sites is 1. The molecule has 122 valence electrons. The Morgan fingerprint density at radius 2 is 2.00 bits per heavy atom. The van der Waals surface area contributed by atoms with Crippen molar-refractivity contribution < 1.29 is 19.2 Å². The Morgan fingerprint density at radius 3 is 2.75 bits per heavy atom. The van der Waals surface area contributed by atoms with Gasteiger partial charge in [0, 0.05) is 6.07 Å². The van der Waals surface area contributed by atoms with E-state index in [2.05, 4.69) is 10.5 Å². The molecule has 0 aliphatic rings. The molecule has 0 unspecified atom stereocenters. The number of hydrogen-bond acceptors (Lipinski definition) is 5. The number of aryl methyl sites for hydroxylation is 1. The molecule has 0 radical (unpaired) electrons. The lowest BCUT2D eigenvalue weighted by Crippen LogP contribution is -2.13. The highest BCUT2D eigenvalue weighted by Gasteiger charge is 2.17. The number of rotatable bonds is 4. The fraction of sp³-hybridized carbons (Fsp3) is 0.111. The Bertz CT molecular complexity index is 886. The summed E-state index contributed by atoms with van der Waals surface area (Å²) in [7, 11) is 1.53. The van der Waals surface area contributed by atoms with Gasteiger partial charge in [-0.15, -0.1) is 0 Å². The lowest BCUT2D eigenvalue weighted by atomic mass is 10.1. The molecular formula is C18H16N2O4. The molecular weight excluding hydrogens is 308 g/mol. The van der Waals surface area contributed by atoms with E-state index in [4.69, 9.17) is 9.26 Å². The number of ether oxygens (including phenoxy) is 1. The number of amides is 1. The molecule has 0 aliphatic carbocycles. The predicted molar refractivity (Wildman–Crippen MR) is 89.3 cm³/mol. The van der Waals surface area contributed by atoms with Crippen molar-refractivity contribution in [2.45, 2.75) is 6.92 Å². The van der Waals surface area contributed by atoms with Crippen LogP contribution in [0.3, 0.4) is 0 Å². The maximum absolute atomic E-state index is 12.4. The molecule has 1 aromatic heterocycles. The first-order valence-electron chi connectivity index (χ1n) is 7.29. The van der Waals surface area contributed by atoms with Crippen molar-refractivity contribution in [1.29, 1.82) is 0 Å². The Labute approximate surface area is 138 Å². The number of aromatic hydroxyl groups is 1. The molecule has 6 nitrogen and oxygen atoms in total. The van der Waals surface area contributed by atoms with Gasteiger partial charge in [-0.05, 0) is 36.8 Å². The van der Waals surface area contributed by atoms with Crippen LogP contribution in [0.4, 0.5) is 5.69 Å². The van der Waals surface area contributed by atoms with Crippen molar-refractivity contribution in [2.24, 2.45) is 0 Å². The average Bonchev–Trinajstić information content (AvgIpc) is 3.05. The summed E-state index contributed by atoms with van der Waals surface area (Å²) < 4.78 is 10.4. The Hall–Kier alpha value is -3.28. The second-order valence-corrected chi connectivity index (χ2v) is 5.25. The molecule has 0 spiro atoms. The van der Waals surface area contributed by atoms with Gasteiger partial charge in [-0.2, -0.15) is 0 Å². The zero-order valence-corrected chi connectivity index (χ0v) is 13.2. The topological polar surface area (TPSA) is 84.6 Å². The number of hydrogen-bond donors (Lipinski definition) is 2. The largest absolute Gasteiger partial charge is 0.507 e. The van der Waals surface area contributed by atoms with Gasteiger partial charge >= 0.3 is 0 Å². The van der Waals surface area contributed by atoms with Gasteiger partial charge in [-0.25, -0.2) is 0 Å². The number of nitrogens with zero attached hydrogens (tertiary/aromatic N) is 1. The predicted octanol–water partition coefficient (Wildman–Crippen LogP) is 3.62. The molecule has 1 heterocycles. The van der Waals surface area contributed by atoms with Crippen LogP contribution in [0.2, 0.25) is 0 Å². The maximum atomic E-state index is 12.4. The maximum Gasteiger partial charge on any atom is 0.277 e. The summed E-state index contributed by atoms with van der Waals surface area (Å²) in [5.41, 5.74) is 2.12. The smallest absolute Gasteiger partial charge is 0.277 e. The third-order valence-corrected chi connectivity index (χ3v) is 3.52. The molecule has 0 aliphatic heterocycles. The Balaban J connectivity index is 1.85. The normalized spacial score (nSPS) is 10.4. The lowest BCUT2D eigenvalue weighted by molar-refractivity contribution is 0.101. The molecule has 0 atom stereocenters. The van der Waals surface area contributed by atoms with Crippen LogP contribution in [0.15, 0.2) is 53.1 Å². The van der Waals surface area contributed by atoms with Gasteiger partial charge in [-0.3, -0.25) is 4.79 Å². The lowest BCUT2D eigenvalue weighted by Gasteiger charge is -2.09. The summed E-state index contributed by atoms with van der Waals surface area (Å²) in [4.78, 5) is 12.4. The first-order valence-corrected chi connectivity index (χ1v) is 7.29. The summed E-state index contributed by atoms with van der Waals surface area (Å²) in [5, 5.41) is 16.4. The van der Waals surface area contributed by atoms with Crippen molar-refractivity contribution >= 4 is 11.6 Å². The van der Waals surface area contributed by atoms with Crippen LogP contribution in [0, 0.1) is 6.92 Å². The number of carbonyl (C=O) groups excluding carboxylic acids is 1. The Morgan fingerprint density at radius 1 is 1.21 bits per heavy atom. The summed E-state index contributed by atoms with van der Waals surface area (Å²) >= 11 is 0. The van der Waals surface area contributed by atoms with E-state index in [0.717, 1.165) is 5.56 Å². The minimum absolute atomic E-state index is 0.0564. The van der Waals surface area contributed by atoms with Gasteiger partial charge in [0.15, 0.2) is 11.5 Å². The average molecular weight is 324 g/mol. The van der Waals surface area contributed by atoms with Gasteiger partial charge in [-0.1, -0.05) is 23.4 Å². The van der Waals surface area contributed by atoms with E-state index in [0.29, 0.717) is 22.8 Å². The minimum Gasteiger partial charge on any atom is -0.507 e. The molecule has 0 fully saturated rings. The van der Waals surface area contributed by atoms with Gasteiger partial charge < -0.3 is 19.7 Å². The zero-order chi connectivity index (χ0) is 17.1. The number of methoxy groups -OCH3 is 1. The van der Waals surface area contributed by atoms with Gasteiger partial charge in [0.1, 0.15) is 11.5 Å².